The first-order valence-electron chi connectivity index (χ1n) is 5.36. The molecule has 2 unspecified atom stereocenters. The molecule has 1 aliphatic carbocycles. The summed E-state index contributed by atoms with van der Waals surface area (Å²) < 4.78 is 1.74. The Balaban J connectivity index is 2.03. The van der Waals surface area contributed by atoms with Crippen molar-refractivity contribution in [1.29, 1.82) is 0 Å². The molecule has 1 N–H and O–H groups in total. The lowest BCUT2D eigenvalue weighted by Gasteiger charge is -2.33. The van der Waals surface area contributed by atoms with E-state index in [1.807, 2.05) is 19.3 Å². The van der Waals surface area contributed by atoms with Gasteiger partial charge in [-0.3, -0.25) is 4.68 Å². The van der Waals surface area contributed by atoms with Crippen LogP contribution < -0.4 is 0 Å². The zero-order chi connectivity index (χ0) is 10.1. The van der Waals surface area contributed by atoms with Crippen LogP contribution in [0.3, 0.4) is 0 Å². The zero-order valence-corrected chi connectivity index (χ0v) is 8.85. The van der Waals surface area contributed by atoms with E-state index in [-0.39, 0.29) is 6.10 Å². The van der Waals surface area contributed by atoms with E-state index in [1.54, 1.807) is 4.68 Å². The maximum absolute atomic E-state index is 10.1. The average molecular weight is 194 g/mol. The van der Waals surface area contributed by atoms with Crippen LogP contribution in [-0.4, -0.2) is 14.9 Å². The van der Waals surface area contributed by atoms with Gasteiger partial charge in [0, 0.05) is 13.2 Å². The summed E-state index contributed by atoms with van der Waals surface area (Å²) in [6, 6.07) is 1.90. The molecule has 0 spiro atoms. The quantitative estimate of drug-likeness (QED) is 0.798. The molecule has 1 aliphatic rings. The Morgan fingerprint density at radius 3 is 2.71 bits per heavy atom. The fraction of sp³-hybridized carbons (Fsp3) is 0.727. The van der Waals surface area contributed by atoms with Crippen LogP contribution in [-0.2, 0) is 7.05 Å². The number of aliphatic hydroxyl groups excluding tert-OH is 1. The lowest BCUT2D eigenvalue weighted by Crippen LogP contribution is -2.25. The van der Waals surface area contributed by atoms with Gasteiger partial charge in [-0.2, -0.15) is 5.10 Å². The average Bonchev–Trinajstić information content (AvgIpc) is 2.47. The molecule has 0 saturated heterocycles. The van der Waals surface area contributed by atoms with Crippen molar-refractivity contribution < 1.29 is 5.11 Å². The van der Waals surface area contributed by atoms with Crippen molar-refractivity contribution in [2.24, 2.45) is 18.9 Å². The zero-order valence-electron chi connectivity index (χ0n) is 8.85. The number of hydrogen-bond acceptors (Lipinski definition) is 2. The summed E-state index contributed by atoms with van der Waals surface area (Å²) in [5, 5.41) is 14.3. The van der Waals surface area contributed by atoms with Crippen molar-refractivity contribution in [3.63, 3.8) is 0 Å². The third-order valence-corrected chi connectivity index (χ3v) is 3.43. The molecular formula is C11H18N2O. The molecule has 1 aromatic heterocycles. The van der Waals surface area contributed by atoms with Gasteiger partial charge < -0.3 is 5.11 Å². The number of rotatable bonds is 3. The Hall–Kier alpha value is -0.830. The molecule has 1 saturated carbocycles. The maximum Gasteiger partial charge on any atom is 0.101 e. The molecule has 2 rings (SSSR count). The van der Waals surface area contributed by atoms with Gasteiger partial charge in [0.15, 0.2) is 0 Å². The molecule has 0 aliphatic heterocycles. The van der Waals surface area contributed by atoms with Crippen LogP contribution >= 0.6 is 0 Å². The minimum absolute atomic E-state index is 0.346. The Morgan fingerprint density at radius 1 is 1.57 bits per heavy atom. The van der Waals surface area contributed by atoms with Crippen molar-refractivity contribution in [1.82, 2.24) is 9.78 Å². The summed E-state index contributed by atoms with van der Waals surface area (Å²) in [6.07, 6.45) is 5.35. The van der Waals surface area contributed by atoms with E-state index in [0.717, 1.165) is 5.69 Å². The first kappa shape index (κ1) is 9.71. The van der Waals surface area contributed by atoms with Gasteiger partial charge >= 0.3 is 0 Å². The van der Waals surface area contributed by atoms with E-state index < -0.39 is 0 Å². The molecule has 78 valence electrons. The Labute approximate surface area is 84.7 Å². The van der Waals surface area contributed by atoms with Gasteiger partial charge in [-0.15, -0.1) is 0 Å². The third-order valence-electron chi connectivity index (χ3n) is 3.43. The molecule has 1 heterocycles. The summed E-state index contributed by atoms with van der Waals surface area (Å²) in [7, 11) is 1.88. The van der Waals surface area contributed by atoms with E-state index in [1.165, 1.54) is 19.3 Å². The highest BCUT2D eigenvalue weighted by Crippen LogP contribution is 2.39. The van der Waals surface area contributed by atoms with Crippen LogP contribution in [0.2, 0.25) is 0 Å². The lowest BCUT2D eigenvalue weighted by atomic mass is 9.74. The van der Waals surface area contributed by atoms with Gasteiger partial charge in [-0.05, 0) is 17.9 Å². The molecule has 14 heavy (non-hydrogen) atoms. The molecule has 2 atom stereocenters. The van der Waals surface area contributed by atoms with Gasteiger partial charge in [0.25, 0.3) is 0 Å². The van der Waals surface area contributed by atoms with Crippen molar-refractivity contribution in [2.45, 2.75) is 32.3 Å². The maximum atomic E-state index is 10.1. The minimum atomic E-state index is -0.388. The Morgan fingerprint density at radius 2 is 2.29 bits per heavy atom. The van der Waals surface area contributed by atoms with Crippen molar-refractivity contribution in [3.8, 4) is 0 Å². The molecule has 3 nitrogen and oxygen atoms in total. The van der Waals surface area contributed by atoms with Gasteiger partial charge in [-0.1, -0.05) is 26.2 Å². The fourth-order valence-corrected chi connectivity index (χ4v) is 2.08. The number of nitrogens with zero attached hydrogens (tertiary/aromatic N) is 2. The molecule has 0 amide bonds. The number of aryl methyl sites for hydroxylation is 1. The molecular weight excluding hydrogens is 176 g/mol. The summed E-state index contributed by atoms with van der Waals surface area (Å²) >= 11 is 0. The SMILES string of the molecule is CC(C1CCC1)C(O)c1ccn(C)n1. The number of aromatic nitrogens is 2. The first-order chi connectivity index (χ1) is 6.68. The van der Waals surface area contributed by atoms with E-state index in [2.05, 4.69) is 12.0 Å². The minimum Gasteiger partial charge on any atom is -0.386 e. The summed E-state index contributed by atoms with van der Waals surface area (Å²) in [5.41, 5.74) is 0.812. The monoisotopic (exact) mass is 194 g/mol. The fourth-order valence-electron chi connectivity index (χ4n) is 2.08. The number of aliphatic hydroxyl groups is 1. The normalized spacial score (nSPS) is 21.6. The smallest absolute Gasteiger partial charge is 0.101 e. The number of hydrogen-bond donors (Lipinski definition) is 1. The van der Waals surface area contributed by atoms with E-state index in [9.17, 15) is 5.11 Å². The predicted molar refractivity (Wildman–Crippen MR) is 54.7 cm³/mol. The van der Waals surface area contributed by atoms with Crippen LogP contribution in [0.4, 0.5) is 0 Å². The van der Waals surface area contributed by atoms with Crippen LogP contribution in [0.5, 0.6) is 0 Å². The van der Waals surface area contributed by atoms with E-state index in [4.69, 9.17) is 0 Å². The van der Waals surface area contributed by atoms with Gasteiger partial charge in [0.05, 0.1) is 5.69 Å². The summed E-state index contributed by atoms with van der Waals surface area (Å²) in [4.78, 5) is 0. The van der Waals surface area contributed by atoms with Crippen LogP contribution in [0, 0.1) is 11.8 Å². The van der Waals surface area contributed by atoms with Crippen molar-refractivity contribution in [2.75, 3.05) is 0 Å². The Kier molecular flexibility index (Phi) is 2.59. The van der Waals surface area contributed by atoms with Crippen LogP contribution in [0.15, 0.2) is 12.3 Å². The van der Waals surface area contributed by atoms with Crippen molar-refractivity contribution >= 4 is 0 Å². The lowest BCUT2D eigenvalue weighted by molar-refractivity contribution is 0.0501. The molecule has 0 aromatic carbocycles. The summed E-state index contributed by atoms with van der Waals surface area (Å²) in [5.74, 6) is 1.05. The molecule has 1 aromatic rings. The van der Waals surface area contributed by atoms with Crippen LogP contribution in [0.25, 0.3) is 0 Å². The predicted octanol–water partition coefficient (Wildman–Crippen LogP) is 1.89. The highest BCUT2D eigenvalue weighted by molar-refractivity contribution is 5.04. The van der Waals surface area contributed by atoms with Gasteiger partial charge in [0.1, 0.15) is 6.10 Å². The second-order valence-corrected chi connectivity index (χ2v) is 4.41. The highest BCUT2D eigenvalue weighted by atomic mass is 16.3. The van der Waals surface area contributed by atoms with Gasteiger partial charge in [0.2, 0.25) is 0 Å². The topological polar surface area (TPSA) is 38.0 Å². The highest BCUT2D eigenvalue weighted by Gasteiger charge is 2.30. The standard InChI is InChI=1S/C11H18N2O/c1-8(9-4-3-5-9)11(14)10-6-7-13(2)12-10/h6-9,11,14H,3-5H2,1-2H3. The Bertz CT molecular complexity index is 304. The second kappa shape index (κ2) is 3.73. The van der Waals surface area contributed by atoms with Gasteiger partial charge in [-0.25, -0.2) is 0 Å². The molecule has 1 fully saturated rings. The largest absolute Gasteiger partial charge is 0.386 e. The molecule has 3 heteroatoms. The third kappa shape index (κ3) is 1.69. The molecule has 0 radical (unpaired) electrons. The van der Waals surface area contributed by atoms with E-state index in [0.29, 0.717) is 11.8 Å². The first-order valence-corrected chi connectivity index (χ1v) is 5.36. The second-order valence-electron chi connectivity index (χ2n) is 4.41. The van der Waals surface area contributed by atoms with Crippen LogP contribution in [0.1, 0.15) is 38.0 Å². The van der Waals surface area contributed by atoms with Crippen molar-refractivity contribution in [3.05, 3.63) is 18.0 Å². The van der Waals surface area contributed by atoms with E-state index >= 15 is 0 Å². The summed E-state index contributed by atoms with van der Waals surface area (Å²) in [6.45, 7) is 2.13. The molecule has 0 bridgehead atoms.